The number of rotatable bonds is 8. The summed E-state index contributed by atoms with van der Waals surface area (Å²) in [6.45, 7) is -0.0392. The molecule has 0 bridgehead atoms. The number of nitrogens with zero attached hydrogens (tertiary/aromatic N) is 2. The van der Waals surface area contributed by atoms with Crippen LogP contribution in [0.1, 0.15) is 12.0 Å². The third-order valence-electron chi connectivity index (χ3n) is 3.82. The molecule has 0 atom stereocenters. The molecule has 2 aromatic rings. The molecule has 0 aromatic heterocycles. The molecule has 0 aliphatic rings. The highest BCUT2D eigenvalue weighted by atomic mass is 32.2. The van der Waals surface area contributed by atoms with Gasteiger partial charge in [-0.2, -0.15) is 8.42 Å². The molecule has 29 heavy (non-hydrogen) atoms. The minimum atomic E-state index is -4.14. The van der Waals surface area contributed by atoms with Gasteiger partial charge >= 0.3 is 16.2 Å². The van der Waals surface area contributed by atoms with Crippen LogP contribution in [-0.4, -0.2) is 41.1 Å². The average Bonchev–Trinajstić information content (AvgIpc) is 2.65. The topological polar surface area (TPSA) is 153 Å². The second kappa shape index (κ2) is 9.30. The maximum absolute atomic E-state index is 12.3. The second-order valence-electron chi connectivity index (χ2n) is 5.77. The molecule has 3 N–H and O–H groups in total. The number of carboxylic acid groups (broad SMARTS) is 1. The maximum Gasteiger partial charge on any atom is 0.413 e. The predicted molar refractivity (Wildman–Crippen MR) is 107 cm³/mol. The van der Waals surface area contributed by atoms with Gasteiger partial charge in [0.2, 0.25) is 0 Å². The van der Waals surface area contributed by atoms with Crippen molar-refractivity contribution in [2.45, 2.75) is 17.7 Å². The van der Waals surface area contributed by atoms with Gasteiger partial charge < -0.3 is 15.0 Å². The molecule has 0 spiro atoms. The number of thiocarbonyl (C=S) groups is 1. The number of hydrogen-bond acceptors (Lipinski definition) is 7. The second-order valence-corrected chi connectivity index (χ2v) is 7.74. The summed E-state index contributed by atoms with van der Waals surface area (Å²) in [5.74, 6) is -0.209. The number of carbonyl (C=O) groups is 1. The average molecular weight is 439 g/mol. The number of amides is 1. The van der Waals surface area contributed by atoms with Gasteiger partial charge in [-0.15, -0.1) is 0 Å². The van der Waals surface area contributed by atoms with Crippen LogP contribution in [0.5, 0.6) is 5.75 Å². The molecule has 2 aromatic carbocycles. The van der Waals surface area contributed by atoms with E-state index in [1.807, 2.05) is 0 Å². The lowest BCUT2D eigenvalue weighted by atomic mass is 10.1. The lowest BCUT2D eigenvalue weighted by Crippen LogP contribution is -2.40. The molecule has 0 radical (unpaired) electrons. The van der Waals surface area contributed by atoms with Crippen molar-refractivity contribution in [1.29, 1.82) is 0 Å². The molecular formula is C17H17N3O7S2. The number of hydrogen-bond donors (Lipinski definition) is 2. The highest BCUT2D eigenvalue weighted by molar-refractivity contribution is 7.87. The summed E-state index contributed by atoms with van der Waals surface area (Å²) in [6, 6.07) is 11.0. The van der Waals surface area contributed by atoms with Gasteiger partial charge in [0, 0.05) is 12.1 Å². The number of nitro groups is 1. The Bertz CT molecular complexity index is 1010. The first kappa shape index (κ1) is 22.0. The third kappa shape index (κ3) is 5.86. The fraction of sp³-hybridized carbons (Fsp3) is 0.176. The lowest BCUT2D eigenvalue weighted by molar-refractivity contribution is -0.385. The fourth-order valence-electron chi connectivity index (χ4n) is 2.47. The monoisotopic (exact) mass is 439 g/mol. The molecule has 0 aliphatic carbocycles. The molecule has 2 rings (SSSR count). The molecule has 154 valence electrons. The Morgan fingerprint density at radius 3 is 2.45 bits per heavy atom. The molecule has 0 aliphatic heterocycles. The van der Waals surface area contributed by atoms with E-state index in [0.717, 1.165) is 11.0 Å². The van der Waals surface area contributed by atoms with Crippen LogP contribution < -0.4 is 9.92 Å². The van der Waals surface area contributed by atoms with Crippen molar-refractivity contribution in [3.05, 3.63) is 64.2 Å². The Kier molecular flexibility index (Phi) is 7.07. The maximum atomic E-state index is 12.3. The van der Waals surface area contributed by atoms with Crippen LogP contribution in [0.3, 0.4) is 0 Å². The molecule has 0 fully saturated rings. The number of benzene rings is 2. The van der Waals surface area contributed by atoms with Crippen molar-refractivity contribution in [2.75, 3.05) is 6.54 Å². The molecule has 1 amide bonds. The summed E-state index contributed by atoms with van der Waals surface area (Å²) in [6.07, 6.45) is -0.955. The van der Waals surface area contributed by atoms with Gasteiger partial charge in [-0.25, -0.2) is 4.79 Å². The van der Waals surface area contributed by atoms with Crippen LogP contribution in [0, 0.1) is 10.1 Å². The van der Waals surface area contributed by atoms with Crippen molar-refractivity contribution in [1.82, 2.24) is 4.90 Å². The first-order valence-corrected chi connectivity index (χ1v) is 10.00. The van der Waals surface area contributed by atoms with E-state index in [1.54, 1.807) is 6.07 Å². The van der Waals surface area contributed by atoms with E-state index < -0.39 is 21.1 Å². The zero-order valence-corrected chi connectivity index (χ0v) is 16.6. The zero-order valence-electron chi connectivity index (χ0n) is 14.9. The third-order valence-corrected chi connectivity index (χ3v) is 5.30. The van der Waals surface area contributed by atoms with Gasteiger partial charge in [0.05, 0.1) is 11.0 Å². The summed E-state index contributed by atoms with van der Waals surface area (Å²) < 4.78 is 29.5. The van der Waals surface area contributed by atoms with Gasteiger partial charge in [0.1, 0.15) is 10.6 Å². The van der Waals surface area contributed by atoms with Crippen LogP contribution in [0.15, 0.2) is 53.4 Å². The molecule has 12 heteroatoms. The van der Waals surface area contributed by atoms with E-state index in [1.165, 1.54) is 36.4 Å². The standard InChI is InChI=1S/C17H17N3O7S2/c18-16(28)19(17(21)22)10-4-5-12-8-9-13(11-15(12)20(23)24)27-29(25,26)14-6-2-1-3-7-14/h1-3,6-9,11H,4-5,10H2,(H2,18,28)(H,21,22). The van der Waals surface area contributed by atoms with E-state index in [2.05, 4.69) is 12.2 Å². The first-order chi connectivity index (χ1) is 13.6. The van der Waals surface area contributed by atoms with Gasteiger partial charge in [-0.3, -0.25) is 15.0 Å². The minimum absolute atomic E-state index is 0.0392. The molecule has 10 nitrogen and oxygen atoms in total. The van der Waals surface area contributed by atoms with Crippen LogP contribution in [0.2, 0.25) is 0 Å². The van der Waals surface area contributed by atoms with Crippen molar-refractivity contribution >= 4 is 39.2 Å². The van der Waals surface area contributed by atoms with Crippen LogP contribution in [-0.2, 0) is 16.5 Å². The van der Waals surface area contributed by atoms with Gasteiger partial charge in [0.25, 0.3) is 5.69 Å². The molecular weight excluding hydrogens is 422 g/mol. The number of aryl methyl sites for hydroxylation is 1. The quantitative estimate of drug-likeness (QED) is 0.273. The van der Waals surface area contributed by atoms with E-state index in [0.29, 0.717) is 0 Å². The molecule has 0 saturated carbocycles. The number of nitro benzene ring substituents is 1. The van der Waals surface area contributed by atoms with E-state index in [-0.39, 0.29) is 46.4 Å². The van der Waals surface area contributed by atoms with Crippen LogP contribution in [0.25, 0.3) is 0 Å². The Morgan fingerprint density at radius 1 is 1.24 bits per heavy atom. The fourth-order valence-corrected chi connectivity index (χ4v) is 3.58. The van der Waals surface area contributed by atoms with Crippen LogP contribution >= 0.6 is 12.2 Å². The highest BCUT2D eigenvalue weighted by Crippen LogP contribution is 2.28. The highest BCUT2D eigenvalue weighted by Gasteiger charge is 2.21. The largest absolute Gasteiger partial charge is 0.465 e. The van der Waals surface area contributed by atoms with E-state index >= 15 is 0 Å². The van der Waals surface area contributed by atoms with Crippen molar-refractivity contribution in [2.24, 2.45) is 5.73 Å². The van der Waals surface area contributed by atoms with Crippen molar-refractivity contribution in [3.8, 4) is 5.75 Å². The zero-order chi connectivity index (χ0) is 21.6. The Labute approximate surface area is 171 Å². The molecule has 0 heterocycles. The molecule has 0 unspecified atom stereocenters. The van der Waals surface area contributed by atoms with Crippen LogP contribution in [0.4, 0.5) is 10.5 Å². The van der Waals surface area contributed by atoms with Gasteiger partial charge in [-0.1, -0.05) is 18.2 Å². The summed E-state index contributed by atoms with van der Waals surface area (Å²) >= 11 is 4.64. The Hall–Kier alpha value is -3.25. The normalized spacial score (nSPS) is 10.9. The SMILES string of the molecule is NC(=S)N(CCCc1ccc(OS(=O)(=O)c2ccccc2)cc1[N+](=O)[O-])C(=O)O. The number of nitrogens with two attached hydrogens (primary N) is 1. The smallest absolute Gasteiger partial charge is 0.413 e. The van der Waals surface area contributed by atoms with Gasteiger partial charge in [-0.05, 0) is 49.3 Å². The minimum Gasteiger partial charge on any atom is -0.465 e. The summed E-state index contributed by atoms with van der Waals surface area (Å²) in [5.41, 5.74) is 5.26. The summed E-state index contributed by atoms with van der Waals surface area (Å²) in [7, 11) is -4.14. The van der Waals surface area contributed by atoms with E-state index in [4.69, 9.17) is 15.0 Å². The summed E-state index contributed by atoms with van der Waals surface area (Å²) in [5, 5.41) is 20.1. The lowest BCUT2D eigenvalue weighted by Gasteiger charge is -2.16. The van der Waals surface area contributed by atoms with E-state index in [9.17, 15) is 23.3 Å². The molecule has 0 saturated heterocycles. The van der Waals surface area contributed by atoms with Gasteiger partial charge in [0.15, 0.2) is 5.11 Å². The predicted octanol–water partition coefficient (Wildman–Crippen LogP) is 2.52. The Balaban J connectivity index is 2.17. The summed E-state index contributed by atoms with van der Waals surface area (Å²) in [4.78, 5) is 22.4. The van der Waals surface area contributed by atoms with Crippen molar-refractivity contribution < 1.29 is 27.4 Å². The first-order valence-electron chi connectivity index (χ1n) is 8.18. The Morgan fingerprint density at radius 2 is 1.90 bits per heavy atom. The van der Waals surface area contributed by atoms with Crippen molar-refractivity contribution in [3.63, 3.8) is 0 Å².